The Kier molecular flexibility index (Phi) is 7.05. The van der Waals surface area contributed by atoms with Crippen molar-refractivity contribution in [2.75, 3.05) is 31.6 Å². The molecule has 6 heteroatoms. The van der Waals surface area contributed by atoms with Gasteiger partial charge >= 0.3 is 5.97 Å². The molecule has 1 saturated heterocycles. The van der Waals surface area contributed by atoms with Crippen LogP contribution in [-0.4, -0.2) is 43.0 Å². The summed E-state index contributed by atoms with van der Waals surface area (Å²) in [6, 6.07) is 1.88. The fourth-order valence-corrected chi connectivity index (χ4v) is 3.66. The zero-order valence-electron chi connectivity index (χ0n) is 14.0. The van der Waals surface area contributed by atoms with Crippen LogP contribution in [0.15, 0.2) is 6.07 Å². The van der Waals surface area contributed by atoms with Gasteiger partial charge in [0, 0.05) is 17.8 Å². The number of ether oxygens (including phenoxy) is 1. The molecule has 0 bridgehead atoms. The fourth-order valence-electron chi connectivity index (χ4n) is 2.71. The molecule has 128 valence electrons. The van der Waals surface area contributed by atoms with Gasteiger partial charge in [0.1, 0.15) is 4.88 Å². The predicted molar refractivity (Wildman–Crippen MR) is 93.2 cm³/mol. The van der Waals surface area contributed by atoms with E-state index in [4.69, 9.17) is 4.74 Å². The highest BCUT2D eigenvalue weighted by molar-refractivity contribution is 7.14. The van der Waals surface area contributed by atoms with Crippen LogP contribution in [0.25, 0.3) is 0 Å². The smallest absolute Gasteiger partial charge is 0.350 e. The first-order valence-corrected chi connectivity index (χ1v) is 9.27. The van der Waals surface area contributed by atoms with Crippen LogP contribution in [0.5, 0.6) is 0 Å². The molecule has 0 atom stereocenters. The molecular weight excluding hydrogens is 312 g/mol. The summed E-state index contributed by atoms with van der Waals surface area (Å²) in [4.78, 5) is 28.1. The molecule has 1 aliphatic rings. The first-order chi connectivity index (χ1) is 11.1. The maximum absolute atomic E-state index is 12.2. The molecule has 23 heavy (non-hydrogen) atoms. The van der Waals surface area contributed by atoms with Crippen LogP contribution in [0.4, 0.5) is 5.69 Å². The van der Waals surface area contributed by atoms with E-state index >= 15 is 0 Å². The number of nitrogens with one attached hydrogen (secondary N) is 1. The van der Waals surface area contributed by atoms with Gasteiger partial charge in [-0.05, 0) is 45.3 Å². The lowest BCUT2D eigenvalue weighted by atomic mass is 10.1. The zero-order chi connectivity index (χ0) is 16.7. The first-order valence-electron chi connectivity index (χ1n) is 8.46. The van der Waals surface area contributed by atoms with E-state index in [1.165, 1.54) is 30.6 Å². The summed E-state index contributed by atoms with van der Waals surface area (Å²) in [7, 11) is 0. The summed E-state index contributed by atoms with van der Waals surface area (Å²) in [6.07, 6.45) is 5.03. The lowest BCUT2D eigenvalue weighted by molar-refractivity contribution is -0.116. The lowest BCUT2D eigenvalue weighted by Gasteiger charge is -2.25. The molecule has 1 aromatic heterocycles. The van der Waals surface area contributed by atoms with E-state index in [9.17, 15) is 9.59 Å². The molecule has 2 rings (SSSR count). The van der Waals surface area contributed by atoms with E-state index in [2.05, 4.69) is 10.2 Å². The molecule has 5 nitrogen and oxygen atoms in total. The third kappa shape index (κ3) is 5.32. The minimum atomic E-state index is -0.358. The second kappa shape index (κ2) is 9.03. The topological polar surface area (TPSA) is 58.6 Å². The van der Waals surface area contributed by atoms with Gasteiger partial charge in [0.2, 0.25) is 5.91 Å². The van der Waals surface area contributed by atoms with E-state index in [1.807, 2.05) is 13.0 Å². The van der Waals surface area contributed by atoms with Crippen LogP contribution < -0.4 is 5.32 Å². The summed E-state index contributed by atoms with van der Waals surface area (Å²) in [5, 5.41) is 2.89. The number of nitrogens with zero attached hydrogens (tertiary/aromatic N) is 1. The molecule has 0 radical (unpaired) electrons. The van der Waals surface area contributed by atoms with Crippen molar-refractivity contribution < 1.29 is 14.3 Å². The second-order valence-electron chi connectivity index (χ2n) is 5.73. The van der Waals surface area contributed by atoms with Crippen molar-refractivity contribution >= 4 is 28.9 Å². The number of esters is 1. The van der Waals surface area contributed by atoms with Gasteiger partial charge in [-0.25, -0.2) is 4.79 Å². The second-order valence-corrected chi connectivity index (χ2v) is 6.87. The molecule has 2 heterocycles. The normalized spacial score (nSPS) is 15.4. The van der Waals surface area contributed by atoms with Gasteiger partial charge in [0.05, 0.1) is 12.3 Å². The average molecular weight is 338 g/mol. The van der Waals surface area contributed by atoms with Crippen molar-refractivity contribution in [1.29, 1.82) is 0 Å². The minimum Gasteiger partial charge on any atom is -0.462 e. The number of hydrogen-bond acceptors (Lipinski definition) is 5. The minimum absolute atomic E-state index is 0.0402. The Morgan fingerprint density at radius 2 is 2.00 bits per heavy atom. The molecule has 0 saturated carbocycles. The molecule has 0 unspecified atom stereocenters. The molecule has 1 aliphatic heterocycles. The SMILES string of the molecule is CCOC(=O)c1sc(CC)cc1NC(=O)CCN1CCCCC1. The summed E-state index contributed by atoms with van der Waals surface area (Å²) in [5.74, 6) is -0.398. The van der Waals surface area contributed by atoms with Crippen molar-refractivity contribution in [3.05, 3.63) is 15.8 Å². The Morgan fingerprint density at radius 3 is 2.65 bits per heavy atom. The Labute approximate surface area is 142 Å². The van der Waals surface area contributed by atoms with Crippen LogP contribution in [0.2, 0.25) is 0 Å². The van der Waals surface area contributed by atoms with Crippen molar-refractivity contribution in [1.82, 2.24) is 4.90 Å². The lowest BCUT2D eigenvalue weighted by Crippen LogP contribution is -2.32. The fraction of sp³-hybridized carbons (Fsp3) is 0.647. The van der Waals surface area contributed by atoms with Gasteiger partial charge in [0.25, 0.3) is 0 Å². The van der Waals surface area contributed by atoms with Crippen LogP contribution >= 0.6 is 11.3 Å². The largest absolute Gasteiger partial charge is 0.462 e. The summed E-state index contributed by atoms with van der Waals surface area (Å²) in [6.45, 7) is 7.09. The van der Waals surface area contributed by atoms with Crippen LogP contribution in [0.1, 0.15) is 54.1 Å². The first kappa shape index (κ1) is 17.9. The Hall–Kier alpha value is -1.40. The highest BCUT2D eigenvalue weighted by atomic mass is 32.1. The zero-order valence-corrected chi connectivity index (χ0v) is 14.8. The average Bonchev–Trinajstić information content (AvgIpc) is 2.97. The third-order valence-corrected chi connectivity index (χ3v) is 5.23. The van der Waals surface area contributed by atoms with E-state index in [0.29, 0.717) is 23.6 Å². The number of likely N-dealkylation sites (tertiary alicyclic amines) is 1. The van der Waals surface area contributed by atoms with Crippen LogP contribution in [0, 0.1) is 0 Å². The molecule has 1 aromatic rings. The Bertz CT molecular complexity index is 536. The standard InChI is InChI=1S/C17H26N2O3S/c1-3-13-12-14(16(23-13)17(21)22-4-2)18-15(20)8-11-19-9-6-5-7-10-19/h12H,3-11H2,1-2H3,(H,18,20). The quantitative estimate of drug-likeness (QED) is 0.775. The number of thiophene rings is 1. The Balaban J connectivity index is 1.93. The molecular formula is C17H26N2O3S. The third-order valence-electron chi connectivity index (χ3n) is 3.97. The number of carbonyl (C=O) groups is 2. The number of rotatable bonds is 7. The summed E-state index contributed by atoms with van der Waals surface area (Å²) < 4.78 is 5.08. The molecule has 1 N–H and O–H groups in total. The number of carbonyl (C=O) groups excluding carboxylic acids is 2. The van der Waals surface area contributed by atoms with Crippen molar-refractivity contribution in [2.24, 2.45) is 0 Å². The number of hydrogen-bond donors (Lipinski definition) is 1. The molecule has 1 fully saturated rings. The molecule has 0 spiro atoms. The van der Waals surface area contributed by atoms with Crippen LogP contribution in [0.3, 0.4) is 0 Å². The van der Waals surface area contributed by atoms with E-state index in [1.54, 1.807) is 6.92 Å². The number of anilines is 1. The van der Waals surface area contributed by atoms with Gasteiger partial charge in [-0.2, -0.15) is 0 Å². The molecule has 0 aromatic carbocycles. The van der Waals surface area contributed by atoms with Crippen molar-refractivity contribution in [3.63, 3.8) is 0 Å². The number of aryl methyl sites for hydroxylation is 1. The number of amides is 1. The highest BCUT2D eigenvalue weighted by Crippen LogP contribution is 2.28. The molecule has 1 amide bonds. The molecule has 0 aliphatic carbocycles. The Morgan fingerprint density at radius 1 is 1.26 bits per heavy atom. The highest BCUT2D eigenvalue weighted by Gasteiger charge is 2.19. The van der Waals surface area contributed by atoms with Gasteiger partial charge in [-0.15, -0.1) is 11.3 Å². The maximum atomic E-state index is 12.2. The van der Waals surface area contributed by atoms with E-state index in [-0.39, 0.29) is 11.9 Å². The van der Waals surface area contributed by atoms with Gasteiger partial charge in [-0.3, -0.25) is 4.79 Å². The number of piperidine rings is 1. The summed E-state index contributed by atoms with van der Waals surface area (Å²) in [5.41, 5.74) is 0.592. The maximum Gasteiger partial charge on any atom is 0.350 e. The van der Waals surface area contributed by atoms with Gasteiger partial charge < -0.3 is 15.0 Å². The van der Waals surface area contributed by atoms with E-state index in [0.717, 1.165) is 30.9 Å². The van der Waals surface area contributed by atoms with Gasteiger partial charge in [0.15, 0.2) is 0 Å². The van der Waals surface area contributed by atoms with Gasteiger partial charge in [-0.1, -0.05) is 13.3 Å². The predicted octanol–water partition coefficient (Wildman–Crippen LogP) is 3.30. The van der Waals surface area contributed by atoms with Crippen LogP contribution in [-0.2, 0) is 16.0 Å². The monoisotopic (exact) mass is 338 g/mol. The van der Waals surface area contributed by atoms with Crippen molar-refractivity contribution in [2.45, 2.75) is 46.0 Å². The van der Waals surface area contributed by atoms with E-state index < -0.39 is 0 Å². The van der Waals surface area contributed by atoms with Crippen molar-refractivity contribution in [3.8, 4) is 0 Å². The summed E-state index contributed by atoms with van der Waals surface area (Å²) >= 11 is 1.40.